The third-order valence-electron chi connectivity index (χ3n) is 5.20. The van der Waals surface area contributed by atoms with Crippen molar-refractivity contribution in [2.24, 2.45) is 0 Å². The van der Waals surface area contributed by atoms with Crippen molar-refractivity contribution < 1.29 is 22.0 Å². The lowest BCUT2D eigenvalue weighted by Gasteiger charge is -2.25. The maximum atomic E-state index is 15.2. The number of carbonyl (C=O) groups is 1. The molecule has 0 spiro atoms. The molecule has 3 aromatic rings. The topological polar surface area (TPSA) is 117 Å². The molecule has 0 unspecified atom stereocenters. The second-order valence-corrected chi connectivity index (χ2v) is 9.72. The molecular weight excluding hydrogens is 428 g/mol. The van der Waals surface area contributed by atoms with E-state index in [-0.39, 0.29) is 11.6 Å². The Morgan fingerprint density at radius 1 is 1.23 bits per heavy atom. The van der Waals surface area contributed by atoms with Crippen LogP contribution in [0.25, 0.3) is 11.0 Å². The van der Waals surface area contributed by atoms with E-state index in [1.165, 1.54) is 12.5 Å². The summed E-state index contributed by atoms with van der Waals surface area (Å²) in [6, 6.07) is 1.82. The molecule has 1 aliphatic carbocycles. The zero-order chi connectivity index (χ0) is 22.3. The number of H-pyrrole nitrogens is 1. The molecule has 0 radical (unpaired) electrons. The Hall–Kier alpha value is -3.08. The van der Waals surface area contributed by atoms with Gasteiger partial charge in [0.2, 0.25) is 15.8 Å². The van der Waals surface area contributed by atoms with Crippen LogP contribution in [-0.4, -0.2) is 40.4 Å². The second-order valence-electron chi connectivity index (χ2n) is 7.76. The summed E-state index contributed by atoms with van der Waals surface area (Å²) in [7, 11) is -3.82. The summed E-state index contributed by atoms with van der Waals surface area (Å²) in [5.74, 6) is -2.98. The SMILES string of the molecule is CC(C)Nc1ncnc2[nH]cc(C(=O)c3c(F)ccc(NS(=O)(=O)C4CCC4)c3F)c12. The van der Waals surface area contributed by atoms with Gasteiger partial charge in [0.25, 0.3) is 0 Å². The number of nitrogens with zero attached hydrogens (tertiary/aromatic N) is 2. The summed E-state index contributed by atoms with van der Waals surface area (Å²) >= 11 is 0. The molecule has 1 aliphatic rings. The number of hydrogen-bond donors (Lipinski definition) is 3. The number of aromatic amines is 1. The minimum absolute atomic E-state index is 0.0198. The minimum Gasteiger partial charge on any atom is -0.367 e. The van der Waals surface area contributed by atoms with Crippen molar-refractivity contribution in [3.05, 3.63) is 47.4 Å². The number of rotatable bonds is 7. The highest BCUT2D eigenvalue weighted by molar-refractivity contribution is 7.93. The number of fused-ring (bicyclic) bond motifs is 1. The van der Waals surface area contributed by atoms with Gasteiger partial charge >= 0.3 is 0 Å². The van der Waals surface area contributed by atoms with E-state index in [9.17, 15) is 17.6 Å². The summed E-state index contributed by atoms with van der Waals surface area (Å²) in [6.45, 7) is 3.75. The normalized spacial score (nSPS) is 14.6. The van der Waals surface area contributed by atoms with Gasteiger partial charge in [0.05, 0.1) is 27.5 Å². The number of ketones is 1. The zero-order valence-corrected chi connectivity index (χ0v) is 17.7. The molecule has 0 amide bonds. The summed E-state index contributed by atoms with van der Waals surface area (Å²) < 4.78 is 56.6. The van der Waals surface area contributed by atoms with E-state index in [0.717, 1.165) is 18.6 Å². The molecule has 2 aromatic heterocycles. The van der Waals surface area contributed by atoms with Crippen LogP contribution in [0.3, 0.4) is 0 Å². The molecule has 1 saturated carbocycles. The number of halogens is 2. The first-order valence-corrected chi connectivity index (χ1v) is 11.4. The summed E-state index contributed by atoms with van der Waals surface area (Å²) in [5.41, 5.74) is -1.03. The molecule has 4 rings (SSSR count). The van der Waals surface area contributed by atoms with E-state index in [0.29, 0.717) is 29.7 Å². The molecule has 8 nitrogen and oxygen atoms in total. The lowest BCUT2D eigenvalue weighted by atomic mass is 10.0. The van der Waals surface area contributed by atoms with E-state index in [1.54, 1.807) is 0 Å². The average molecular weight is 449 g/mol. The molecule has 1 fully saturated rings. The zero-order valence-electron chi connectivity index (χ0n) is 16.9. The van der Waals surface area contributed by atoms with E-state index < -0.39 is 43.9 Å². The molecular formula is C20H21F2N5O3S. The Morgan fingerprint density at radius 2 is 1.97 bits per heavy atom. The van der Waals surface area contributed by atoms with Gasteiger partial charge in [-0.05, 0) is 38.8 Å². The van der Waals surface area contributed by atoms with Gasteiger partial charge in [-0.2, -0.15) is 0 Å². The van der Waals surface area contributed by atoms with E-state index in [1.807, 2.05) is 13.8 Å². The number of aromatic nitrogens is 3. The Labute approximate surface area is 177 Å². The maximum absolute atomic E-state index is 15.2. The van der Waals surface area contributed by atoms with Crippen LogP contribution >= 0.6 is 0 Å². The van der Waals surface area contributed by atoms with Crippen molar-refractivity contribution in [2.45, 2.75) is 44.4 Å². The Bertz CT molecular complexity index is 1270. The Morgan fingerprint density at radius 3 is 2.61 bits per heavy atom. The minimum atomic E-state index is -3.82. The van der Waals surface area contributed by atoms with Crippen molar-refractivity contribution in [3.8, 4) is 0 Å². The summed E-state index contributed by atoms with van der Waals surface area (Å²) in [5, 5.41) is 2.75. The molecule has 11 heteroatoms. The van der Waals surface area contributed by atoms with Gasteiger partial charge in [-0.15, -0.1) is 0 Å². The van der Waals surface area contributed by atoms with E-state index >= 15 is 4.39 Å². The predicted octanol–water partition coefficient (Wildman–Crippen LogP) is 3.58. The highest BCUT2D eigenvalue weighted by atomic mass is 32.2. The molecule has 0 saturated heterocycles. The van der Waals surface area contributed by atoms with Crippen molar-refractivity contribution in [3.63, 3.8) is 0 Å². The molecule has 0 aliphatic heterocycles. The molecule has 2 heterocycles. The van der Waals surface area contributed by atoms with Crippen LogP contribution in [0.2, 0.25) is 0 Å². The van der Waals surface area contributed by atoms with Crippen molar-refractivity contribution in [1.82, 2.24) is 15.0 Å². The first-order chi connectivity index (χ1) is 14.7. The van der Waals surface area contributed by atoms with Crippen LogP contribution in [0.5, 0.6) is 0 Å². The number of anilines is 2. The fourth-order valence-corrected chi connectivity index (χ4v) is 5.00. The van der Waals surface area contributed by atoms with Crippen LogP contribution in [-0.2, 0) is 10.0 Å². The van der Waals surface area contributed by atoms with Gasteiger partial charge < -0.3 is 10.3 Å². The highest BCUT2D eigenvalue weighted by Gasteiger charge is 2.33. The number of nitrogens with one attached hydrogen (secondary N) is 3. The highest BCUT2D eigenvalue weighted by Crippen LogP contribution is 2.32. The lowest BCUT2D eigenvalue weighted by molar-refractivity contribution is 0.103. The average Bonchev–Trinajstić information content (AvgIpc) is 3.07. The van der Waals surface area contributed by atoms with Gasteiger partial charge in [0.1, 0.15) is 23.6 Å². The number of carbonyl (C=O) groups excluding carboxylic acids is 1. The molecule has 164 valence electrons. The number of sulfonamides is 1. The molecule has 3 N–H and O–H groups in total. The largest absolute Gasteiger partial charge is 0.367 e. The molecule has 31 heavy (non-hydrogen) atoms. The maximum Gasteiger partial charge on any atom is 0.235 e. The summed E-state index contributed by atoms with van der Waals surface area (Å²) in [6.07, 6.45) is 4.33. The predicted molar refractivity (Wildman–Crippen MR) is 113 cm³/mol. The van der Waals surface area contributed by atoms with Crippen LogP contribution in [0.1, 0.15) is 49.0 Å². The van der Waals surface area contributed by atoms with Crippen LogP contribution in [0.15, 0.2) is 24.7 Å². The van der Waals surface area contributed by atoms with Crippen molar-refractivity contribution in [1.29, 1.82) is 0 Å². The fourth-order valence-electron chi connectivity index (χ4n) is 3.42. The Balaban J connectivity index is 1.77. The first kappa shape index (κ1) is 21.2. The van der Waals surface area contributed by atoms with Gasteiger partial charge in [0.15, 0.2) is 5.82 Å². The van der Waals surface area contributed by atoms with Gasteiger partial charge in [-0.3, -0.25) is 9.52 Å². The van der Waals surface area contributed by atoms with Crippen LogP contribution < -0.4 is 10.0 Å². The second kappa shape index (κ2) is 7.88. The van der Waals surface area contributed by atoms with Gasteiger partial charge in [-0.25, -0.2) is 27.2 Å². The van der Waals surface area contributed by atoms with Crippen molar-refractivity contribution >= 4 is 38.3 Å². The quantitative estimate of drug-likeness (QED) is 0.475. The van der Waals surface area contributed by atoms with Gasteiger partial charge in [0, 0.05) is 12.2 Å². The Kier molecular flexibility index (Phi) is 5.38. The van der Waals surface area contributed by atoms with E-state index in [2.05, 4.69) is 25.0 Å². The first-order valence-electron chi connectivity index (χ1n) is 9.82. The molecule has 0 atom stereocenters. The van der Waals surface area contributed by atoms with Crippen LogP contribution in [0, 0.1) is 11.6 Å². The third kappa shape index (κ3) is 3.85. The summed E-state index contributed by atoms with van der Waals surface area (Å²) in [4.78, 5) is 24.1. The fraction of sp³-hybridized carbons (Fsp3) is 0.350. The van der Waals surface area contributed by atoms with E-state index in [4.69, 9.17) is 0 Å². The number of benzene rings is 1. The number of hydrogen-bond acceptors (Lipinski definition) is 6. The standard InChI is InChI=1S/C20H21F2N5O3S/c1-10(2)26-20-15-12(8-23-19(15)24-9-25-20)18(28)16-13(21)6-7-14(17(16)22)27-31(29,30)11-4-3-5-11/h6-11,27H,3-5H2,1-2H3,(H2,23,24,25,26). The monoisotopic (exact) mass is 449 g/mol. The van der Waals surface area contributed by atoms with Crippen molar-refractivity contribution in [2.75, 3.05) is 10.0 Å². The molecule has 0 bridgehead atoms. The smallest absolute Gasteiger partial charge is 0.235 e. The van der Waals surface area contributed by atoms with Crippen LogP contribution in [0.4, 0.5) is 20.3 Å². The molecule has 1 aromatic carbocycles. The van der Waals surface area contributed by atoms with Gasteiger partial charge in [-0.1, -0.05) is 6.42 Å². The lowest BCUT2D eigenvalue weighted by Crippen LogP contribution is -2.33. The third-order valence-corrected chi connectivity index (χ3v) is 7.05.